The summed E-state index contributed by atoms with van der Waals surface area (Å²) in [6.45, 7) is 4.47. The fraction of sp³-hybridized carbons (Fsp3) is 0.0556. The van der Waals surface area contributed by atoms with Gasteiger partial charge < -0.3 is 4.57 Å². The van der Waals surface area contributed by atoms with Crippen LogP contribution in [0, 0.1) is 0 Å². The molecule has 2 heterocycles. The van der Waals surface area contributed by atoms with Crippen molar-refractivity contribution in [2.45, 2.75) is 19.3 Å². The third kappa shape index (κ3) is 5.48. The molecule has 0 fully saturated rings. The second-order valence-electron chi connectivity index (χ2n) is 15.1. The van der Waals surface area contributed by atoms with Crippen molar-refractivity contribution in [3.8, 4) is 73.2 Å². The van der Waals surface area contributed by atoms with E-state index in [0.717, 1.165) is 38.9 Å². The van der Waals surface area contributed by atoms with Crippen molar-refractivity contribution in [2.24, 2.45) is 0 Å². The molecule has 1 aliphatic carbocycles. The highest BCUT2D eigenvalue weighted by molar-refractivity contribution is 6.09. The molecular formula is C54H38N4. The molecule has 274 valence electrons. The van der Waals surface area contributed by atoms with Crippen molar-refractivity contribution in [3.63, 3.8) is 0 Å². The van der Waals surface area contributed by atoms with Crippen LogP contribution in [0.1, 0.15) is 35.9 Å². The first kappa shape index (κ1) is 26.4. The maximum absolute atomic E-state index is 9.27. The van der Waals surface area contributed by atoms with Crippen LogP contribution in [0.2, 0.25) is 0 Å². The zero-order valence-corrected chi connectivity index (χ0v) is 31.6. The molecule has 8 aromatic carbocycles. The highest BCUT2D eigenvalue weighted by Crippen LogP contribution is 2.49. The average Bonchev–Trinajstić information content (AvgIpc) is 3.83. The third-order valence-corrected chi connectivity index (χ3v) is 11.3. The van der Waals surface area contributed by atoms with E-state index in [9.17, 15) is 2.74 Å². The summed E-state index contributed by atoms with van der Waals surface area (Å²) in [5.41, 5.74) is 10.6. The van der Waals surface area contributed by atoms with Crippen molar-refractivity contribution < 1.29 is 11.0 Å². The van der Waals surface area contributed by atoms with Crippen molar-refractivity contribution >= 4 is 21.8 Å². The molecule has 0 atom stereocenters. The summed E-state index contributed by atoms with van der Waals surface area (Å²) in [6, 6.07) is 44.6. The van der Waals surface area contributed by atoms with E-state index in [4.69, 9.17) is 23.2 Å². The lowest BCUT2D eigenvalue weighted by molar-refractivity contribution is 0.660. The van der Waals surface area contributed by atoms with Gasteiger partial charge in [-0.2, -0.15) is 0 Å². The summed E-state index contributed by atoms with van der Waals surface area (Å²) in [4.78, 5) is 15.4. The minimum Gasteiger partial charge on any atom is -0.309 e. The smallest absolute Gasteiger partial charge is 0.164 e. The number of rotatable bonds is 6. The van der Waals surface area contributed by atoms with Gasteiger partial charge in [-0.05, 0) is 63.2 Å². The number of fused-ring (bicyclic) bond motifs is 6. The van der Waals surface area contributed by atoms with E-state index in [-0.39, 0.29) is 39.3 Å². The zero-order valence-electron chi connectivity index (χ0n) is 39.6. The molecule has 0 spiro atoms. The van der Waals surface area contributed by atoms with Crippen LogP contribution in [-0.2, 0) is 5.41 Å². The van der Waals surface area contributed by atoms with Crippen molar-refractivity contribution in [1.82, 2.24) is 19.5 Å². The number of benzene rings is 8. The number of aromatic nitrogens is 4. The molecule has 0 unspecified atom stereocenters. The van der Waals surface area contributed by atoms with Crippen LogP contribution in [0.25, 0.3) is 95.0 Å². The number of para-hydroxylation sites is 2. The van der Waals surface area contributed by atoms with Crippen LogP contribution >= 0.6 is 0 Å². The van der Waals surface area contributed by atoms with Gasteiger partial charge >= 0.3 is 0 Å². The molecule has 0 N–H and O–H groups in total. The fourth-order valence-corrected chi connectivity index (χ4v) is 8.44. The van der Waals surface area contributed by atoms with Gasteiger partial charge in [0.25, 0.3) is 0 Å². The summed E-state index contributed by atoms with van der Waals surface area (Å²) < 4.78 is 73.0. The Kier molecular flexibility index (Phi) is 6.09. The molecule has 0 bridgehead atoms. The predicted octanol–water partition coefficient (Wildman–Crippen LogP) is 13.6. The second kappa shape index (κ2) is 13.4. The third-order valence-electron chi connectivity index (χ3n) is 11.3. The Bertz CT molecular complexity index is 3570. The Labute approximate surface area is 349 Å². The lowest BCUT2D eigenvalue weighted by Gasteiger charge is -2.21. The van der Waals surface area contributed by atoms with Crippen molar-refractivity contribution in [3.05, 3.63) is 205 Å². The van der Waals surface area contributed by atoms with Crippen LogP contribution < -0.4 is 0 Å². The first-order chi connectivity index (χ1) is 31.8. The molecule has 4 nitrogen and oxygen atoms in total. The summed E-state index contributed by atoms with van der Waals surface area (Å²) in [5, 5.41) is -0.00471. The molecule has 0 aliphatic heterocycles. The Morgan fingerprint density at radius 3 is 1.57 bits per heavy atom. The Morgan fingerprint density at radius 1 is 0.414 bits per heavy atom. The monoisotopic (exact) mass is 750 g/mol. The lowest BCUT2D eigenvalue weighted by Crippen LogP contribution is -2.14. The van der Waals surface area contributed by atoms with Gasteiger partial charge in [0.05, 0.1) is 27.7 Å². The molecule has 11 rings (SSSR count). The Morgan fingerprint density at radius 2 is 0.897 bits per heavy atom. The largest absolute Gasteiger partial charge is 0.309 e. The molecule has 2 aromatic heterocycles. The zero-order chi connectivity index (χ0) is 45.8. The minimum atomic E-state index is -0.503. The van der Waals surface area contributed by atoms with Crippen molar-refractivity contribution in [2.75, 3.05) is 0 Å². The van der Waals surface area contributed by atoms with Gasteiger partial charge in [-0.1, -0.05) is 184 Å². The lowest BCUT2D eigenvalue weighted by atomic mass is 9.82. The molecule has 4 heteroatoms. The van der Waals surface area contributed by atoms with Gasteiger partial charge in [-0.3, -0.25) is 0 Å². The number of hydrogen-bond acceptors (Lipinski definition) is 3. The molecular weight excluding hydrogens is 705 g/mol. The molecule has 0 amide bonds. The number of nitrogens with zero attached hydrogens (tertiary/aromatic N) is 4. The second-order valence-corrected chi connectivity index (χ2v) is 15.1. The van der Waals surface area contributed by atoms with E-state index in [0.29, 0.717) is 34.3 Å². The highest BCUT2D eigenvalue weighted by Gasteiger charge is 2.35. The van der Waals surface area contributed by atoms with Crippen LogP contribution in [0.4, 0.5) is 0 Å². The Hall–Kier alpha value is -7.43. The summed E-state index contributed by atoms with van der Waals surface area (Å²) >= 11 is 0. The van der Waals surface area contributed by atoms with Crippen molar-refractivity contribution in [1.29, 1.82) is 0 Å². The van der Waals surface area contributed by atoms with E-state index >= 15 is 0 Å². The molecule has 10 aromatic rings. The maximum atomic E-state index is 9.27. The first-order valence-corrected chi connectivity index (χ1v) is 19.2. The fourth-order valence-electron chi connectivity index (χ4n) is 8.44. The predicted molar refractivity (Wildman–Crippen MR) is 239 cm³/mol. The maximum Gasteiger partial charge on any atom is 0.164 e. The first-order valence-electron chi connectivity index (χ1n) is 23.2. The quantitative estimate of drug-likeness (QED) is 0.170. The van der Waals surface area contributed by atoms with Gasteiger partial charge in [0.1, 0.15) is 0 Å². The number of hydrogen-bond donors (Lipinski definition) is 0. The summed E-state index contributed by atoms with van der Waals surface area (Å²) in [5.74, 6) is 1.21. The minimum absolute atomic E-state index is 0.00235. The molecule has 1 aliphatic rings. The van der Waals surface area contributed by atoms with E-state index < -0.39 is 36.3 Å². The molecule has 58 heavy (non-hydrogen) atoms. The average molecular weight is 751 g/mol. The standard InChI is InChI=1S/C54H38N4/c1-54(2)46-22-12-9-19-42(46)45-33-39(30-32-47(45)54)52-55-51(38-27-25-36(26-28-38)35-15-5-3-6-16-35)56-53(57-52)40-29-31-41(37-17-7-4-8-18-37)50(34-40)58-48-23-13-10-20-43(48)44-21-11-14-24-49(44)58/h3-34H,1-2H3/i10D,11D,13D,14D,20D,21D,23D,24D. The highest BCUT2D eigenvalue weighted by atomic mass is 15.0. The van der Waals surface area contributed by atoms with Gasteiger partial charge in [-0.25, -0.2) is 15.0 Å². The summed E-state index contributed by atoms with van der Waals surface area (Å²) in [6.07, 6.45) is 0. The summed E-state index contributed by atoms with van der Waals surface area (Å²) in [7, 11) is 0. The SMILES string of the molecule is [2H]c1c([2H])c([2H])c2c(c1[2H])c1c([2H])c([2H])c([2H])c([2H])c1n2-c1cc(-c2nc(-c3ccc(-c4ccccc4)cc3)nc(-c3ccc4c(c3)-c3ccccc3C4(C)C)n2)ccc1-c1ccccc1. The van der Waals surface area contributed by atoms with Gasteiger partial charge in [0.2, 0.25) is 0 Å². The van der Waals surface area contributed by atoms with E-state index in [1.807, 2.05) is 91.0 Å². The topological polar surface area (TPSA) is 43.6 Å². The molecule has 0 saturated carbocycles. The normalized spacial score (nSPS) is 14.7. The van der Waals surface area contributed by atoms with E-state index in [1.165, 1.54) is 11.1 Å². The molecule has 0 saturated heterocycles. The van der Waals surface area contributed by atoms with Crippen LogP contribution in [0.3, 0.4) is 0 Å². The van der Waals surface area contributed by atoms with Crippen LogP contribution in [-0.4, -0.2) is 19.5 Å². The Balaban J connectivity index is 1.19. The van der Waals surface area contributed by atoms with Crippen LogP contribution in [0.15, 0.2) is 194 Å². The van der Waals surface area contributed by atoms with E-state index in [1.54, 1.807) is 4.57 Å². The van der Waals surface area contributed by atoms with Gasteiger partial charge in [0.15, 0.2) is 17.5 Å². The van der Waals surface area contributed by atoms with Gasteiger partial charge in [-0.15, -0.1) is 0 Å². The van der Waals surface area contributed by atoms with E-state index in [2.05, 4.69) is 68.4 Å². The van der Waals surface area contributed by atoms with Gasteiger partial charge in [0, 0.05) is 38.4 Å². The molecule has 0 radical (unpaired) electrons. The van der Waals surface area contributed by atoms with Crippen LogP contribution in [0.5, 0.6) is 0 Å².